The molecule has 186 valence electrons. The molecular weight excluding hydrogens is 496 g/mol. The number of esters is 1. The number of ether oxygens (including phenoxy) is 2. The largest absolute Gasteiger partial charge is 0.494 e. The van der Waals surface area contributed by atoms with E-state index in [0.29, 0.717) is 29.3 Å². The van der Waals surface area contributed by atoms with E-state index in [1.54, 1.807) is 37.3 Å². The van der Waals surface area contributed by atoms with Crippen LogP contribution in [0.2, 0.25) is 0 Å². The lowest BCUT2D eigenvalue weighted by atomic mass is 10.1. The Morgan fingerprint density at radius 3 is 2.44 bits per heavy atom. The zero-order valence-corrected chi connectivity index (χ0v) is 21.8. The van der Waals surface area contributed by atoms with Crippen molar-refractivity contribution in [3.63, 3.8) is 0 Å². The molecule has 4 rings (SSSR count). The number of rotatable bonds is 9. The molecule has 0 amide bonds. The summed E-state index contributed by atoms with van der Waals surface area (Å²) < 4.78 is 38.6. The lowest BCUT2D eigenvalue weighted by molar-refractivity contribution is 0.0467. The average molecular weight is 523 g/mol. The molecule has 0 radical (unpaired) electrons. The number of thiazole rings is 1. The number of hydrogen-bond donors (Lipinski definition) is 0. The van der Waals surface area contributed by atoms with Gasteiger partial charge in [0, 0.05) is 18.0 Å². The fourth-order valence-corrected chi connectivity index (χ4v) is 5.53. The van der Waals surface area contributed by atoms with Gasteiger partial charge in [-0.15, -0.1) is 11.3 Å². The Morgan fingerprint density at radius 1 is 1.03 bits per heavy atom. The Balaban J connectivity index is 1.49. The normalized spacial score (nSPS) is 11.2. The van der Waals surface area contributed by atoms with Crippen LogP contribution in [0.1, 0.15) is 28.5 Å². The summed E-state index contributed by atoms with van der Waals surface area (Å²) in [5.41, 5.74) is 2.90. The van der Waals surface area contributed by atoms with Crippen LogP contribution < -0.4 is 9.04 Å². The molecule has 36 heavy (non-hydrogen) atoms. The van der Waals surface area contributed by atoms with Gasteiger partial charge in [-0.1, -0.05) is 36.4 Å². The quantitative estimate of drug-likeness (QED) is 0.262. The first kappa shape index (κ1) is 25.4. The molecule has 9 heteroatoms. The van der Waals surface area contributed by atoms with Crippen molar-refractivity contribution in [2.75, 3.05) is 18.0 Å². The summed E-state index contributed by atoms with van der Waals surface area (Å²) in [5.74, 6) is 0.0472. The summed E-state index contributed by atoms with van der Waals surface area (Å²) in [7, 11) is -2.44. The van der Waals surface area contributed by atoms with Gasteiger partial charge < -0.3 is 9.47 Å². The molecule has 0 N–H and O–H groups in total. The number of carbonyl (C=O) groups is 1. The maximum Gasteiger partial charge on any atom is 0.338 e. The zero-order chi connectivity index (χ0) is 25.7. The molecule has 0 saturated heterocycles. The maximum atomic E-state index is 13.3. The van der Waals surface area contributed by atoms with E-state index in [-0.39, 0.29) is 17.1 Å². The number of carbonyl (C=O) groups excluding carboxylic acids is 1. The zero-order valence-electron chi connectivity index (χ0n) is 20.2. The number of nitrogens with zero attached hydrogens (tertiary/aromatic N) is 2. The SMILES string of the molecule is CCOc1ccc(N(C)S(=O)(=O)c2ccc(C)c(C(=O)OCc3csc(-c4ccccc4)n3)c2)cc1. The molecule has 0 fully saturated rings. The molecule has 0 atom stereocenters. The molecule has 0 unspecified atom stereocenters. The third kappa shape index (κ3) is 5.58. The summed E-state index contributed by atoms with van der Waals surface area (Å²) in [4.78, 5) is 17.4. The van der Waals surface area contributed by atoms with Crippen LogP contribution in [0, 0.1) is 6.92 Å². The van der Waals surface area contributed by atoms with Gasteiger partial charge in [0.2, 0.25) is 0 Å². The van der Waals surface area contributed by atoms with Crippen molar-refractivity contribution < 1.29 is 22.7 Å². The summed E-state index contributed by atoms with van der Waals surface area (Å²) in [6, 6.07) is 21.0. The maximum absolute atomic E-state index is 13.3. The highest BCUT2D eigenvalue weighted by Crippen LogP contribution is 2.27. The highest BCUT2D eigenvalue weighted by Gasteiger charge is 2.24. The highest BCUT2D eigenvalue weighted by atomic mass is 32.2. The smallest absolute Gasteiger partial charge is 0.338 e. The van der Waals surface area contributed by atoms with E-state index in [4.69, 9.17) is 9.47 Å². The Labute approximate surface area is 215 Å². The number of aromatic nitrogens is 1. The first-order valence-corrected chi connectivity index (χ1v) is 13.6. The third-order valence-electron chi connectivity index (χ3n) is 5.52. The van der Waals surface area contributed by atoms with Crippen LogP contribution in [0.25, 0.3) is 10.6 Å². The van der Waals surface area contributed by atoms with Gasteiger partial charge in [0.05, 0.1) is 28.4 Å². The molecule has 4 aromatic rings. The summed E-state index contributed by atoms with van der Waals surface area (Å²) in [6.45, 7) is 4.12. The molecule has 1 heterocycles. The van der Waals surface area contributed by atoms with Crippen LogP contribution in [-0.4, -0.2) is 33.0 Å². The van der Waals surface area contributed by atoms with Gasteiger partial charge >= 0.3 is 5.97 Å². The molecular formula is C27H26N2O5S2. The van der Waals surface area contributed by atoms with Crippen LogP contribution >= 0.6 is 11.3 Å². The molecule has 0 aliphatic rings. The van der Waals surface area contributed by atoms with E-state index in [1.807, 2.05) is 42.6 Å². The first-order chi connectivity index (χ1) is 17.3. The van der Waals surface area contributed by atoms with Crippen LogP contribution in [0.15, 0.2) is 83.1 Å². The molecule has 0 bridgehead atoms. The molecule has 3 aromatic carbocycles. The van der Waals surface area contributed by atoms with E-state index in [9.17, 15) is 13.2 Å². The fourth-order valence-electron chi connectivity index (χ4n) is 3.50. The molecule has 0 spiro atoms. The van der Waals surface area contributed by atoms with E-state index >= 15 is 0 Å². The monoisotopic (exact) mass is 522 g/mol. The van der Waals surface area contributed by atoms with Gasteiger partial charge in [0.15, 0.2) is 0 Å². The molecule has 0 saturated carbocycles. The van der Waals surface area contributed by atoms with Gasteiger partial charge in [-0.3, -0.25) is 4.31 Å². The Hall–Kier alpha value is -3.69. The number of sulfonamides is 1. The topological polar surface area (TPSA) is 85.8 Å². The second-order valence-electron chi connectivity index (χ2n) is 7.96. The lowest BCUT2D eigenvalue weighted by Gasteiger charge is -2.20. The van der Waals surface area contributed by atoms with E-state index < -0.39 is 16.0 Å². The van der Waals surface area contributed by atoms with Gasteiger partial charge in [0.25, 0.3) is 10.0 Å². The summed E-state index contributed by atoms with van der Waals surface area (Å²) in [6.07, 6.45) is 0. The van der Waals surface area contributed by atoms with Crippen molar-refractivity contribution in [1.29, 1.82) is 0 Å². The van der Waals surface area contributed by atoms with E-state index in [0.717, 1.165) is 10.6 Å². The van der Waals surface area contributed by atoms with Crippen LogP contribution in [0.5, 0.6) is 5.75 Å². The fraction of sp³-hybridized carbons (Fsp3) is 0.185. The minimum absolute atomic E-state index is 0.00328. The lowest BCUT2D eigenvalue weighted by Crippen LogP contribution is -2.26. The van der Waals surface area contributed by atoms with Crippen molar-refractivity contribution in [1.82, 2.24) is 4.98 Å². The van der Waals surface area contributed by atoms with Crippen molar-refractivity contribution in [3.8, 4) is 16.3 Å². The first-order valence-electron chi connectivity index (χ1n) is 11.3. The number of benzene rings is 3. The number of hydrogen-bond acceptors (Lipinski definition) is 7. The minimum atomic E-state index is -3.91. The van der Waals surface area contributed by atoms with E-state index in [2.05, 4.69) is 4.98 Å². The van der Waals surface area contributed by atoms with Gasteiger partial charge in [-0.2, -0.15) is 0 Å². The van der Waals surface area contributed by atoms with Crippen molar-refractivity contribution >= 4 is 33.0 Å². The van der Waals surface area contributed by atoms with Crippen LogP contribution in [0.4, 0.5) is 5.69 Å². The Bertz CT molecular complexity index is 1450. The number of anilines is 1. The molecule has 0 aliphatic carbocycles. The Kier molecular flexibility index (Phi) is 7.71. The summed E-state index contributed by atoms with van der Waals surface area (Å²) in [5, 5.41) is 2.68. The molecule has 1 aromatic heterocycles. The Morgan fingerprint density at radius 2 is 1.75 bits per heavy atom. The highest BCUT2D eigenvalue weighted by molar-refractivity contribution is 7.92. The van der Waals surface area contributed by atoms with Crippen molar-refractivity contribution in [2.24, 2.45) is 0 Å². The number of aryl methyl sites for hydroxylation is 1. The predicted molar refractivity (Wildman–Crippen MR) is 141 cm³/mol. The molecule has 7 nitrogen and oxygen atoms in total. The van der Waals surface area contributed by atoms with Gasteiger partial charge in [-0.05, 0) is 55.8 Å². The van der Waals surface area contributed by atoms with Gasteiger partial charge in [0.1, 0.15) is 17.4 Å². The van der Waals surface area contributed by atoms with Crippen molar-refractivity contribution in [3.05, 3.63) is 95.0 Å². The second kappa shape index (κ2) is 10.9. The van der Waals surface area contributed by atoms with Gasteiger partial charge in [-0.25, -0.2) is 18.2 Å². The average Bonchev–Trinajstić information content (AvgIpc) is 3.37. The van der Waals surface area contributed by atoms with Crippen LogP contribution in [0.3, 0.4) is 0 Å². The molecule has 0 aliphatic heterocycles. The van der Waals surface area contributed by atoms with Crippen LogP contribution in [-0.2, 0) is 21.4 Å². The second-order valence-corrected chi connectivity index (χ2v) is 10.8. The predicted octanol–water partition coefficient (Wildman–Crippen LogP) is 5.70. The van der Waals surface area contributed by atoms with E-state index in [1.165, 1.54) is 34.8 Å². The van der Waals surface area contributed by atoms with Crippen molar-refractivity contribution in [2.45, 2.75) is 25.3 Å². The minimum Gasteiger partial charge on any atom is -0.494 e. The third-order valence-corrected chi connectivity index (χ3v) is 8.24. The summed E-state index contributed by atoms with van der Waals surface area (Å²) >= 11 is 1.47. The standard InChI is InChI=1S/C27H26N2O5S2/c1-4-33-23-13-11-22(12-14-23)29(3)36(31,32)24-15-10-19(2)25(16-24)27(30)34-17-21-18-35-26(28-21)20-8-6-5-7-9-20/h5-16,18H,4,17H2,1-3H3.